The highest BCUT2D eigenvalue weighted by molar-refractivity contribution is 5.76. The average Bonchev–Trinajstić information content (AvgIpc) is 3.02. The molecule has 2 aromatic heterocycles. The molecule has 0 spiro atoms. The van der Waals surface area contributed by atoms with Crippen molar-refractivity contribution in [1.29, 1.82) is 0 Å². The number of rotatable bonds is 7. The lowest BCUT2D eigenvalue weighted by Crippen LogP contribution is -2.38. The van der Waals surface area contributed by atoms with Crippen LogP contribution in [0.25, 0.3) is 0 Å². The zero-order chi connectivity index (χ0) is 15.6. The first-order valence-electron chi connectivity index (χ1n) is 7.40. The summed E-state index contributed by atoms with van der Waals surface area (Å²) in [4.78, 5) is 16.1. The summed E-state index contributed by atoms with van der Waals surface area (Å²) >= 11 is 0. The average molecular weight is 305 g/mol. The molecule has 0 aliphatic heterocycles. The number of aliphatic hydroxyl groups is 1. The Morgan fingerprint density at radius 1 is 1.55 bits per heavy atom. The second-order valence-electron chi connectivity index (χ2n) is 5.85. The van der Waals surface area contributed by atoms with Gasteiger partial charge in [-0.1, -0.05) is 5.16 Å². The number of nitrogens with zero attached hydrogens (tertiary/aromatic N) is 2. The van der Waals surface area contributed by atoms with E-state index in [9.17, 15) is 9.90 Å². The molecule has 1 aliphatic carbocycles. The molecule has 0 aromatic carbocycles. The summed E-state index contributed by atoms with van der Waals surface area (Å²) in [6.07, 6.45) is 4.34. The van der Waals surface area contributed by atoms with Gasteiger partial charge in [0.1, 0.15) is 11.4 Å². The summed E-state index contributed by atoms with van der Waals surface area (Å²) in [5.41, 5.74) is -1.23. The van der Waals surface area contributed by atoms with Crippen LogP contribution in [0.1, 0.15) is 49.6 Å². The molecule has 118 valence electrons. The SMILES string of the molecule is CC(O)(CNC(=O)CCc1nc(C2CC2)no1)c1ccco1. The van der Waals surface area contributed by atoms with E-state index in [1.165, 1.54) is 6.26 Å². The van der Waals surface area contributed by atoms with Crippen LogP contribution in [0.3, 0.4) is 0 Å². The predicted molar refractivity (Wildman–Crippen MR) is 75.9 cm³/mol. The topological polar surface area (TPSA) is 101 Å². The molecule has 1 aliphatic rings. The maximum atomic E-state index is 11.8. The molecule has 2 heterocycles. The lowest BCUT2D eigenvalue weighted by Gasteiger charge is -2.21. The van der Waals surface area contributed by atoms with Gasteiger partial charge in [-0.3, -0.25) is 4.79 Å². The first-order valence-corrected chi connectivity index (χ1v) is 7.40. The Hall–Kier alpha value is -2.15. The molecule has 1 saturated carbocycles. The first-order chi connectivity index (χ1) is 10.5. The molecule has 7 nitrogen and oxygen atoms in total. The number of hydrogen-bond acceptors (Lipinski definition) is 6. The van der Waals surface area contributed by atoms with Crippen LogP contribution in [-0.2, 0) is 16.8 Å². The molecule has 0 bridgehead atoms. The molecule has 0 radical (unpaired) electrons. The standard InChI is InChI=1S/C15H19N3O4/c1-15(20,11-3-2-8-21-11)9-16-12(19)6-7-13-17-14(18-22-13)10-4-5-10/h2-3,8,10,20H,4-7,9H2,1H3,(H,16,19). The van der Waals surface area contributed by atoms with Gasteiger partial charge in [0.05, 0.1) is 12.8 Å². The van der Waals surface area contributed by atoms with E-state index in [0.29, 0.717) is 24.0 Å². The summed E-state index contributed by atoms with van der Waals surface area (Å²) in [6, 6.07) is 3.36. The van der Waals surface area contributed by atoms with E-state index >= 15 is 0 Å². The second kappa shape index (κ2) is 5.92. The number of furan rings is 1. The fraction of sp³-hybridized carbons (Fsp3) is 0.533. The van der Waals surface area contributed by atoms with E-state index in [2.05, 4.69) is 15.5 Å². The van der Waals surface area contributed by atoms with Crippen LogP contribution in [0.15, 0.2) is 27.3 Å². The molecule has 1 fully saturated rings. The lowest BCUT2D eigenvalue weighted by molar-refractivity contribution is -0.122. The van der Waals surface area contributed by atoms with Gasteiger partial charge in [-0.05, 0) is 31.9 Å². The molecule has 0 saturated heterocycles. The van der Waals surface area contributed by atoms with Crippen LogP contribution >= 0.6 is 0 Å². The molecule has 1 unspecified atom stereocenters. The van der Waals surface area contributed by atoms with Crippen LogP contribution in [0.2, 0.25) is 0 Å². The molecule has 3 rings (SSSR count). The van der Waals surface area contributed by atoms with E-state index in [1.54, 1.807) is 19.1 Å². The van der Waals surface area contributed by atoms with Crippen molar-refractivity contribution in [3.8, 4) is 0 Å². The van der Waals surface area contributed by atoms with Crippen LogP contribution < -0.4 is 5.32 Å². The molecule has 22 heavy (non-hydrogen) atoms. The van der Waals surface area contributed by atoms with Crippen molar-refractivity contribution in [2.75, 3.05) is 6.54 Å². The van der Waals surface area contributed by atoms with Gasteiger partial charge in [0.25, 0.3) is 0 Å². The van der Waals surface area contributed by atoms with E-state index in [1.807, 2.05) is 0 Å². The van der Waals surface area contributed by atoms with Crippen LogP contribution in [0.5, 0.6) is 0 Å². The Morgan fingerprint density at radius 2 is 2.36 bits per heavy atom. The number of carbonyl (C=O) groups is 1. The van der Waals surface area contributed by atoms with Crippen molar-refractivity contribution in [3.63, 3.8) is 0 Å². The summed E-state index contributed by atoms with van der Waals surface area (Å²) in [5.74, 6) is 1.90. The minimum Gasteiger partial charge on any atom is -0.466 e. The molecule has 7 heteroatoms. The highest BCUT2D eigenvalue weighted by Gasteiger charge is 2.29. The van der Waals surface area contributed by atoms with E-state index in [-0.39, 0.29) is 18.9 Å². The number of amides is 1. The number of aryl methyl sites for hydroxylation is 1. The van der Waals surface area contributed by atoms with E-state index in [4.69, 9.17) is 8.94 Å². The Kier molecular flexibility index (Phi) is 3.98. The Labute approximate surface area is 127 Å². The van der Waals surface area contributed by atoms with E-state index < -0.39 is 5.60 Å². The third-order valence-electron chi connectivity index (χ3n) is 3.67. The van der Waals surface area contributed by atoms with Crippen molar-refractivity contribution >= 4 is 5.91 Å². The summed E-state index contributed by atoms with van der Waals surface area (Å²) < 4.78 is 10.3. The van der Waals surface area contributed by atoms with Gasteiger partial charge in [-0.15, -0.1) is 0 Å². The zero-order valence-electron chi connectivity index (χ0n) is 12.4. The normalized spacial score (nSPS) is 17.2. The van der Waals surface area contributed by atoms with E-state index in [0.717, 1.165) is 18.7 Å². The minimum atomic E-state index is -1.23. The maximum Gasteiger partial charge on any atom is 0.227 e. The van der Waals surface area contributed by atoms with Crippen LogP contribution in [-0.4, -0.2) is 27.7 Å². The fourth-order valence-electron chi connectivity index (χ4n) is 2.13. The molecule has 1 amide bonds. The van der Waals surface area contributed by atoms with Crippen molar-refractivity contribution in [2.45, 2.75) is 44.1 Å². The molecule has 2 N–H and O–H groups in total. The number of hydrogen-bond donors (Lipinski definition) is 2. The van der Waals surface area contributed by atoms with Crippen molar-refractivity contribution in [1.82, 2.24) is 15.5 Å². The first kappa shape index (κ1) is 14.8. The second-order valence-corrected chi connectivity index (χ2v) is 5.85. The molecular formula is C15H19N3O4. The van der Waals surface area contributed by atoms with Gasteiger partial charge in [0, 0.05) is 18.8 Å². The summed E-state index contributed by atoms with van der Waals surface area (Å²) in [6.45, 7) is 1.67. The third-order valence-corrected chi connectivity index (χ3v) is 3.67. The number of carbonyl (C=O) groups excluding carboxylic acids is 1. The monoisotopic (exact) mass is 305 g/mol. The quantitative estimate of drug-likeness (QED) is 0.803. The summed E-state index contributed by atoms with van der Waals surface area (Å²) in [7, 11) is 0. The van der Waals surface area contributed by atoms with Gasteiger partial charge in [0.15, 0.2) is 5.82 Å². The summed E-state index contributed by atoms with van der Waals surface area (Å²) in [5, 5.41) is 16.8. The maximum absolute atomic E-state index is 11.8. The Balaban J connectivity index is 1.44. The molecular weight excluding hydrogens is 286 g/mol. The number of nitrogens with one attached hydrogen (secondary N) is 1. The third kappa shape index (κ3) is 3.54. The van der Waals surface area contributed by atoms with Crippen molar-refractivity contribution in [3.05, 3.63) is 35.9 Å². The van der Waals surface area contributed by atoms with Gasteiger partial charge < -0.3 is 19.4 Å². The predicted octanol–water partition coefficient (Wildman–Crippen LogP) is 1.50. The van der Waals surface area contributed by atoms with Gasteiger partial charge in [0.2, 0.25) is 11.8 Å². The van der Waals surface area contributed by atoms with Crippen LogP contribution in [0, 0.1) is 0 Å². The smallest absolute Gasteiger partial charge is 0.227 e. The Morgan fingerprint density at radius 3 is 3.05 bits per heavy atom. The lowest BCUT2D eigenvalue weighted by atomic mass is 10.0. The van der Waals surface area contributed by atoms with Crippen molar-refractivity contribution in [2.24, 2.45) is 0 Å². The number of aromatic nitrogens is 2. The van der Waals surface area contributed by atoms with Crippen molar-refractivity contribution < 1.29 is 18.8 Å². The minimum absolute atomic E-state index is 0.0799. The molecule has 2 aromatic rings. The zero-order valence-corrected chi connectivity index (χ0v) is 12.4. The Bertz CT molecular complexity index is 629. The fourth-order valence-corrected chi connectivity index (χ4v) is 2.13. The highest BCUT2D eigenvalue weighted by Crippen LogP contribution is 2.38. The largest absolute Gasteiger partial charge is 0.466 e. The van der Waals surface area contributed by atoms with Gasteiger partial charge in [-0.2, -0.15) is 4.98 Å². The van der Waals surface area contributed by atoms with Crippen LogP contribution in [0.4, 0.5) is 0 Å². The highest BCUT2D eigenvalue weighted by atomic mass is 16.5. The van der Waals surface area contributed by atoms with Gasteiger partial charge in [-0.25, -0.2) is 0 Å². The van der Waals surface area contributed by atoms with Gasteiger partial charge >= 0.3 is 0 Å². The molecule has 1 atom stereocenters.